The van der Waals surface area contributed by atoms with E-state index in [1.807, 2.05) is 13.1 Å². The summed E-state index contributed by atoms with van der Waals surface area (Å²) in [7, 11) is 1.99. The molecule has 0 bridgehead atoms. The zero-order valence-corrected chi connectivity index (χ0v) is 11.0. The Kier molecular flexibility index (Phi) is 4.37. The van der Waals surface area contributed by atoms with Crippen molar-refractivity contribution >= 4 is 11.0 Å². The van der Waals surface area contributed by atoms with Crippen molar-refractivity contribution in [1.82, 2.24) is 5.32 Å². The molecule has 0 amide bonds. The smallest absolute Gasteiger partial charge is 0.134 e. The Morgan fingerprint density at radius 3 is 2.83 bits per heavy atom. The maximum absolute atomic E-state index is 13.1. The third-order valence-corrected chi connectivity index (χ3v) is 3.31. The lowest BCUT2D eigenvalue weighted by molar-refractivity contribution is 0.454. The molecule has 1 N–H and O–H groups in total. The number of hydrogen-bond donors (Lipinski definition) is 1. The highest BCUT2D eigenvalue weighted by atomic mass is 19.1. The van der Waals surface area contributed by atoms with Crippen LogP contribution >= 0.6 is 0 Å². The fraction of sp³-hybridized carbons (Fsp3) is 0.467. The van der Waals surface area contributed by atoms with Gasteiger partial charge in [0, 0.05) is 17.8 Å². The largest absolute Gasteiger partial charge is 0.461 e. The predicted molar refractivity (Wildman–Crippen MR) is 72.2 cm³/mol. The van der Waals surface area contributed by atoms with Gasteiger partial charge in [0.2, 0.25) is 0 Å². The van der Waals surface area contributed by atoms with Gasteiger partial charge in [0.25, 0.3) is 0 Å². The molecule has 0 aliphatic heterocycles. The zero-order chi connectivity index (χ0) is 13.0. The molecule has 0 fully saturated rings. The molecule has 1 aromatic heterocycles. The van der Waals surface area contributed by atoms with Crippen LogP contribution in [-0.4, -0.2) is 13.1 Å². The van der Waals surface area contributed by atoms with E-state index in [9.17, 15) is 4.39 Å². The van der Waals surface area contributed by atoms with Crippen LogP contribution in [0.3, 0.4) is 0 Å². The van der Waals surface area contributed by atoms with Gasteiger partial charge in [-0.05, 0) is 44.2 Å². The Bertz CT molecular complexity index is 506. The molecule has 1 aromatic carbocycles. The monoisotopic (exact) mass is 249 g/mol. The van der Waals surface area contributed by atoms with Crippen molar-refractivity contribution in [3.05, 3.63) is 35.8 Å². The lowest BCUT2D eigenvalue weighted by atomic mass is 10.1. The summed E-state index contributed by atoms with van der Waals surface area (Å²) in [6.45, 7) is 2.19. The lowest BCUT2D eigenvalue weighted by Gasteiger charge is -2.13. The molecule has 0 saturated carbocycles. The summed E-state index contributed by atoms with van der Waals surface area (Å²) in [4.78, 5) is 0. The molecule has 1 unspecified atom stereocenters. The summed E-state index contributed by atoms with van der Waals surface area (Å²) < 4.78 is 18.8. The second-order valence-corrected chi connectivity index (χ2v) is 4.71. The molecule has 98 valence electrons. The van der Waals surface area contributed by atoms with Gasteiger partial charge < -0.3 is 9.73 Å². The van der Waals surface area contributed by atoms with Crippen LogP contribution in [0.1, 0.15) is 31.9 Å². The fourth-order valence-electron chi connectivity index (χ4n) is 2.29. The Hall–Kier alpha value is -1.35. The minimum absolute atomic E-state index is 0.214. The molecule has 18 heavy (non-hydrogen) atoms. The van der Waals surface area contributed by atoms with Crippen LogP contribution in [0.15, 0.2) is 28.7 Å². The summed E-state index contributed by atoms with van der Waals surface area (Å²) in [5, 5.41) is 4.16. The summed E-state index contributed by atoms with van der Waals surface area (Å²) in [6, 6.07) is 7.11. The first-order valence-electron chi connectivity index (χ1n) is 6.58. The van der Waals surface area contributed by atoms with E-state index in [2.05, 4.69) is 12.2 Å². The van der Waals surface area contributed by atoms with Crippen molar-refractivity contribution in [1.29, 1.82) is 0 Å². The third kappa shape index (κ3) is 3.10. The number of rotatable bonds is 6. The first-order valence-corrected chi connectivity index (χ1v) is 6.58. The van der Waals surface area contributed by atoms with E-state index < -0.39 is 0 Å². The van der Waals surface area contributed by atoms with Crippen molar-refractivity contribution in [3.8, 4) is 0 Å². The van der Waals surface area contributed by atoms with Crippen LogP contribution in [0.25, 0.3) is 11.0 Å². The van der Waals surface area contributed by atoms with E-state index in [0.29, 0.717) is 6.04 Å². The highest BCUT2D eigenvalue weighted by molar-refractivity contribution is 5.77. The fourth-order valence-corrected chi connectivity index (χ4v) is 2.29. The summed E-state index contributed by atoms with van der Waals surface area (Å²) in [6.07, 6.45) is 4.29. The van der Waals surface area contributed by atoms with Gasteiger partial charge in [-0.1, -0.05) is 13.3 Å². The molecule has 0 aliphatic carbocycles. The van der Waals surface area contributed by atoms with Gasteiger partial charge in [-0.15, -0.1) is 0 Å². The van der Waals surface area contributed by atoms with Gasteiger partial charge in [-0.25, -0.2) is 4.39 Å². The van der Waals surface area contributed by atoms with Gasteiger partial charge >= 0.3 is 0 Å². The molecule has 0 radical (unpaired) electrons. The second-order valence-electron chi connectivity index (χ2n) is 4.71. The Balaban J connectivity index is 2.03. The van der Waals surface area contributed by atoms with Gasteiger partial charge in [0.15, 0.2) is 0 Å². The molecule has 3 heteroatoms. The average Bonchev–Trinajstić information content (AvgIpc) is 2.76. The molecule has 2 nitrogen and oxygen atoms in total. The van der Waals surface area contributed by atoms with Crippen LogP contribution in [0.2, 0.25) is 0 Å². The Morgan fingerprint density at radius 2 is 2.11 bits per heavy atom. The summed E-state index contributed by atoms with van der Waals surface area (Å²) in [5.41, 5.74) is 0.767. The molecule has 0 spiro atoms. The highest BCUT2D eigenvalue weighted by Crippen LogP contribution is 2.21. The van der Waals surface area contributed by atoms with E-state index in [-0.39, 0.29) is 5.82 Å². The molecular formula is C15H20FNO. The van der Waals surface area contributed by atoms with Crippen LogP contribution in [0.4, 0.5) is 4.39 Å². The van der Waals surface area contributed by atoms with Crippen molar-refractivity contribution in [2.24, 2.45) is 0 Å². The maximum Gasteiger partial charge on any atom is 0.134 e. The number of furan rings is 1. The minimum Gasteiger partial charge on any atom is -0.461 e. The lowest BCUT2D eigenvalue weighted by Crippen LogP contribution is -2.25. The summed E-state index contributed by atoms with van der Waals surface area (Å²) >= 11 is 0. The van der Waals surface area contributed by atoms with Gasteiger partial charge in [0.1, 0.15) is 17.2 Å². The molecular weight excluding hydrogens is 229 g/mol. The second kappa shape index (κ2) is 6.01. The Labute approximate surface area is 107 Å². The topological polar surface area (TPSA) is 25.2 Å². The van der Waals surface area contributed by atoms with Crippen LogP contribution < -0.4 is 5.32 Å². The standard InChI is InChI=1S/C15H20FNO/c1-3-4-13(17-2)6-7-14-10-11-9-12(16)5-8-15(11)18-14/h5,8-10,13,17H,3-4,6-7H2,1-2H3. The Morgan fingerprint density at radius 1 is 1.28 bits per heavy atom. The van der Waals surface area contributed by atoms with Crippen molar-refractivity contribution in [2.45, 2.75) is 38.6 Å². The normalized spacial score (nSPS) is 13.1. The van der Waals surface area contributed by atoms with E-state index >= 15 is 0 Å². The van der Waals surface area contributed by atoms with E-state index in [1.54, 1.807) is 6.07 Å². The van der Waals surface area contributed by atoms with Crippen LogP contribution in [0, 0.1) is 5.82 Å². The van der Waals surface area contributed by atoms with Gasteiger partial charge in [-0.2, -0.15) is 0 Å². The average molecular weight is 249 g/mol. The van der Waals surface area contributed by atoms with Crippen molar-refractivity contribution in [3.63, 3.8) is 0 Å². The maximum atomic E-state index is 13.1. The third-order valence-electron chi connectivity index (χ3n) is 3.31. The van der Waals surface area contributed by atoms with Crippen molar-refractivity contribution in [2.75, 3.05) is 7.05 Å². The SMILES string of the molecule is CCCC(CCc1cc2cc(F)ccc2o1)NC. The van der Waals surface area contributed by atoms with E-state index in [0.717, 1.165) is 29.6 Å². The van der Waals surface area contributed by atoms with Gasteiger partial charge in [0.05, 0.1) is 0 Å². The number of fused-ring (bicyclic) bond motifs is 1. The number of nitrogens with one attached hydrogen (secondary N) is 1. The molecule has 1 heterocycles. The molecule has 2 rings (SSSR count). The van der Waals surface area contributed by atoms with Crippen LogP contribution in [-0.2, 0) is 6.42 Å². The first kappa shape index (κ1) is 13.1. The number of hydrogen-bond acceptors (Lipinski definition) is 2. The molecule has 2 aromatic rings. The highest BCUT2D eigenvalue weighted by Gasteiger charge is 2.08. The molecule has 1 atom stereocenters. The predicted octanol–water partition coefficient (Wildman–Crippen LogP) is 3.89. The number of halogens is 1. The van der Waals surface area contributed by atoms with Crippen molar-refractivity contribution < 1.29 is 8.81 Å². The summed E-state index contributed by atoms with van der Waals surface area (Å²) in [5.74, 6) is 0.723. The van der Waals surface area contributed by atoms with Gasteiger partial charge in [-0.3, -0.25) is 0 Å². The minimum atomic E-state index is -0.214. The molecule has 0 saturated heterocycles. The molecule has 0 aliphatic rings. The van der Waals surface area contributed by atoms with E-state index in [1.165, 1.54) is 25.0 Å². The van der Waals surface area contributed by atoms with Crippen LogP contribution in [0.5, 0.6) is 0 Å². The number of aryl methyl sites for hydroxylation is 1. The zero-order valence-electron chi connectivity index (χ0n) is 11.0. The van der Waals surface area contributed by atoms with E-state index in [4.69, 9.17) is 4.42 Å². The first-order chi connectivity index (χ1) is 8.72. The quantitative estimate of drug-likeness (QED) is 0.840. The number of benzene rings is 1.